The molecule has 0 aliphatic heterocycles. The van der Waals surface area contributed by atoms with Crippen LogP contribution >= 0.6 is 11.6 Å². The minimum atomic E-state index is -3.72. The van der Waals surface area contributed by atoms with Crippen molar-refractivity contribution in [2.45, 2.75) is 11.3 Å². The lowest BCUT2D eigenvalue weighted by molar-refractivity contribution is 0.351. The summed E-state index contributed by atoms with van der Waals surface area (Å²) in [6.45, 7) is 0.215. The first-order valence-electron chi connectivity index (χ1n) is 8.34. The van der Waals surface area contributed by atoms with Gasteiger partial charge in [-0.25, -0.2) is 13.1 Å². The molecular formula is C20H20ClNO4S. The van der Waals surface area contributed by atoms with Gasteiger partial charge in [-0.05, 0) is 35.6 Å². The molecule has 0 aliphatic carbocycles. The molecule has 0 saturated carbocycles. The molecule has 3 rings (SSSR count). The first-order chi connectivity index (χ1) is 13.0. The van der Waals surface area contributed by atoms with Gasteiger partial charge in [0.05, 0.1) is 19.1 Å². The van der Waals surface area contributed by atoms with E-state index in [1.807, 2.05) is 24.3 Å². The van der Waals surface area contributed by atoms with Crippen LogP contribution in [-0.4, -0.2) is 29.2 Å². The predicted molar refractivity (Wildman–Crippen MR) is 107 cm³/mol. The minimum Gasteiger partial charge on any atom is -0.493 e. The van der Waals surface area contributed by atoms with Crippen molar-refractivity contribution in [2.75, 3.05) is 20.8 Å². The minimum absolute atomic E-state index is 0.170. The molecule has 0 aliphatic rings. The predicted octanol–water partition coefficient (Wildman–Crippen LogP) is 4.03. The van der Waals surface area contributed by atoms with Gasteiger partial charge in [0.2, 0.25) is 10.0 Å². The zero-order chi connectivity index (χ0) is 19.4. The number of ether oxygens (including phenoxy) is 2. The van der Waals surface area contributed by atoms with Gasteiger partial charge in [0.1, 0.15) is 0 Å². The second-order valence-electron chi connectivity index (χ2n) is 5.89. The van der Waals surface area contributed by atoms with Crippen LogP contribution in [0.2, 0.25) is 5.02 Å². The fraction of sp³-hybridized carbons (Fsp3) is 0.200. The fourth-order valence-electron chi connectivity index (χ4n) is 3.03. The van der Waals surface area contributed by atoms with Crippen LogP contribution in [0.5, 0.6) is 11.5 Å². The van der Waals surface area contributed by atoms with Crippen LogP contribution in [0.15, 0.2) is 59.5 Å². The highest BCUT2D eigenvalue weighted by Gasteiger charge is 2.19. The summed E-state index contributed by atoms with van der Waals surface area (Å²) in [4.78, 5) is 0.170. The summed E-state index contributed by atoms with van der Waals surface area (Å²) in [5.41, 5.74) is 0.857. The maximum absolute atomic E-state index is 12.8. The lowest BCUT2D eigenvalue weighted by Crippen LogP contribution is -2.26. The Morgan fingerprint density at radius 2 is 1.67 bits per heavy atom. The average molecular weight is 406 g/mol. The molecule has 7 heteroatoms. The van der Waals surface area contributed by atoms with E-state index in [1.54, 1.807) is 44.6 Å². The average Bonchev–Trinajstić information content (AvgIpc) is 2.67. The summed E-state index contributed by atoms with van der Waals surface area (Å²) in [5, 5.41) is 1.70. The van der Waals surface area contributed by atoms with Crippen LogP contribution in [0, 0.1) is 0 Å². The third kappa shape index (κ3) is 4.03. The quantitative estimate of drug-likeness (QED) is 0.644. The zero-order valence-electron chi connectivity index (χ0n) is 15.0. The first-order valence-corrected chi connectivity index (χ1v) is 10.2. The highest BCUT2D eigenvalue weighted by molar-refractivity contribution is 7.89. The lowest BCUT2D eigenvalue weighted by atomic mass is 10.1. The summed E-state index contributed by atoms with van der Waals surface area (Å²) >= 11 is 6.25. The monoisotopic (exact) mass is 405 g/mol. The van der Waals surface area contributed by atoms with Crippen molar-refractivity contribution in [2.24, 2.45) is 0 Å². The molecule has 1 N–H and O–H groups in total. The fourth-order valence-corrected chi connectivity index (χ4v) is 4.65. The third-order valence-corrected chi connectivity index (χ3v) is 6.09. The van der Waals surface area contributed by atoms with E-state index in [0.29, 0.717) is 28.3 Å². The van der Waals surface area contributed by atoms with Gasteiger partial charge in [0.15, 0.2) is 11.5 Å². The maximum Gasteiger partial charge on any atom is 0.241 e. The summed E-state index contributed by atoms with van der Waals surface area (Å²) < 4.78 is 39.0. The molecular weight excluding hydrogens is 386 g/mol. The van der Waals surface area contributed by atoms with Gasteiger partial charge in [-0.3, -0.25) is 0 Å². The number of nitrogens with one attached hydrogen (secondary N) is 1. The van der Waals surface area contributed by atoms with Crippen molar-refractivity contribution < 1.29 is 17.9 Å². The molecule has 0 spiro atoms. The number of methoxy groups -OCH3 is 2. The van der Waals surface area contributed by atoms with E-state index in [1.165, 1.54) is 0 Å². The van der Waals surface area contributed by atoms with E-state index in [-0.39, 0.29) is 11.4 Å². The SMILES string of the molecule is COc1cccc(CCNS(=O)(=O)c2cccc3cccc(Cl)c23)c1OC. The van der Waals surface area contributed by atoms with Crippen molar-refractivity contribution in [1.29, 1.82) is 0 Å². The summed E-state index contributed by atoms with van der Waals surface area (Å²) in [5.74, 6) is 1.21. The molecule has 5 nitrogen and oxygen atoms in total. The summed E-state index contributed by atoms with van der Waals surface area (Å²) in [6.07, 6.45) is 0.456. The second kappa shape index (κ2) is 8.17. The molecule has 0 aromatic heterocycles. The Balaban J connectivity index is 1.83. The van der Waals surface area contributed by atoms with Crippen molar-refractivity contribution in [1.82, 2.24) is 4.72 Å². The van der Waals surface area contributed by atoms with Crippen molar-refractivity contribution in [3.05, 3.63) is 65.2 Å². The number of halogens is 1. The Labute approximate surface area is 163 Å². The summed E-state index contributed by atoms with van der Waals surface area (Å²) in [6, 6.07) is 15.9. The van der Waals surface area contributed by atoms with Crippen LogP contribution in [0.1, 0.15) is 5.56 Å². The maximum atomic E-state index is 12.8. The molecule has 0 atom stereocenters. The van der Waals surface area contributed by atoms with Gasteiger partial charge in [-0.1, -0.05) is 48.0 Å². The van der Waals surface area contributed by atoms with E-state index in [4.69, 9.17) is 21.1 Å². The number of hydrogen-bond donors (Lipinski definition) is 1. The smallest absolute Gasteiger partial charge is 0.241 e. The number of sulfonamides is 1. The van der Waals surface area contributed by atoms with E-state index in [2.05, 4.69) is 4.72 Å². The molecule has 27 heavy (non-hydrogen) atoms. The third-order valence-electron chi connectivity index (χ3n) is 4.28. The number of para-hydroxylation sites is 1. The molecule has 0 unspecified atom stereocenters. The van der Waals surface area contributed by atoms with Crippen molar-refractivity contribution in [3.63, 3.8) is 0 Å². The number of fused-ring (bicyclic) bond motifs is 1. The van der Waals surface area contributed by atoms with Gasteiger partial charge in [-0.2, -0.15) is 0 Å². The van der Waals surface area contributed by atoms with Crippen LogP contribution in [0.4, 0.5) is 0 Å². The van der Waals surface area contributed by atoms with Gasteiger partial charge in [-0.15, -0.1) is 0 Å². The highest BCUT2D eigenvalue weighted by atomic mass is 35.5. The van der Waals surface area contributed by atoms with E-state index < -0.39 is 10.0 Å². The van der Waals surface area contributed by atoms with Crippen LogP contribution in [0.3, 0.4) is 0 Å². The Hall–Kier alpha value is -2.28. The van der Waals surface area contributed by atoms with E-state index in [0.717, 1.165) is 10.9 Å². The molecule has 0 amide bonds. The van der Waals surface area contributed by atoms with Gasteiger partial charge in [0.25, 0.3) is 0 Å². The Bertz CT molecular complexity index is 1060. The molecule has 0 radical (unpaired) electrons. The molecule has 0 fully saturated rings. The molecule has 0 bridgehead atoms. The lowest BCUT2D eigenvalue weighted by Gasteiger charge is -2.14. The second-order valence-corrected chi connectivity index (χ2v) is 8.04. The number of rotatable bonds is 7. The number of benzene rings is 3. The molecule has 142 valence electrons. The zero-order valence-corrected chi connectivity index (χ0v) is 16.6. The number of hydrogen-bond acceptors (Lipinski definition) is 4. The topological polar surface area (TPSA) is 64.6 Å². The summed E-state index contributed by atoms with van der Waals surface area (Å²) in [7, 11) is -0.598. The van der Waals surface area contributed by atoms with Gasteiger partial charge in [0, 0.05) is 17.0 Å². The first kappa shape index (κ1) is 19.5. The molecule has 0 heterocycles. The van der Waals surface area contributed by atoms with Crippen molar-refractivity contribution >= 4 is 32.4 Å². The normalized spacial score (nSPS) is 11.5. The Morgan fingerprint density at radius 1 is 0.963 bits per heavy atom. The Morgan fingerprint density at radius 3 is 2.37 bits per heavy atom. The Kier molecular flexibility index (Phi) is 5.89. The molecule has 3 aromatic rings. The van der Waals surface area contributed by atoms with Crippen LogP contribution in [0.25, 0.3) is 10.8 Å². The van der Waals surface area contributed by atoms with Gasteiger partial charge < -0.3 is 9.47 Å². The standard InChI is InChI=1S/C20H20ClNO4S/c1-25-17-10-4-8-15(20(17)26-2)12-13-22-27(23,24)18-11-5-7-14-6-3-9-16(21)19(14)18/h3-11,22H,12-13H2,1-2H3. The van der Waals surface area contributed by atoms with E-state index >= 15 is 0 Å². The van der Waals surface area contributed by atoms with Crippen molar-refractivity contribution in [3.8, 4) is 11.5 Å². The van der Waals surface area contributed by atoms with Crippen LogP contribution < -0.4 is 14.2 Å². The van der Waals surface area contributed by atoms with Gasteiger partial charge >= 0.3 is 0 Å². The largest absolute Gasteiger partial charge is 0.493 e. The van der Waals surface area contributed by atoms with E-state index in [9.17, 15) is 8.42 Å². The molecule has 3 aromatic carbocycles. The van der Waals surface area contributed by atoms with Crippen LogP contribution in [-0.2, 0) is 16.4 Å². The highest BCUT2D eigenvalue weighted by Crippen LogP contribution is 2.31. The molecule has 0 saturated heterocycles.